The maximum absolute atomic E-state index is 10.0. The molecule has 1 unspecified atom stereocenters. The zero-order valence-corrected chi connectivity index (χ0v) is 11.5. The second-order valence-corrected chi connectivity index (χ2v) is 4.81. The van der Waals surface area contributed by atoms with E-state index in [1.54, 1.807) is 0 Å². The lowest BCUT2D eigenvalue weighted by molar-refractivity contribution is 0.191. The van der Waals surface area contributed by atoms with Gasteiger partial charge in [-0.1, -0.05) is 53.5 Å². The van der Waals surface area contributed by atoms with Crippen molar-refractivity contribution < 1.29 is 5.11 Å². The molecule has 6 heteroatoms. The van der Waals surface area contributed by atoms with Crippen LogP contribution in [0.4, 0.5) is 11.6 Å². The van der Waals surface area contributed by atoms with E-state index in [0.29, 0.717) is 15.9 Å². The number of rotatable bonds is 4. The number of nitrogens with one attached hydrogen (secondary N) is 1. The number of aliphatic hydroxyl groups excluding tert-OH is 1. The maximum atomic E-state index is 10.0. The molecule has 19 heavy (non-hydrogen) atoms. The molecule has 0 aliphatic heterocycles. The molecule has 0 bridgehead atoms. The first-order valence-electron chi connectivity index (χ1n) is 5.66. The molecule has 2 aromatic rings. The summed E-state index contributed by atoms with van der Waals surface area (Å²) < 4.78 is 0. The van der Waals surface area contributed by atoms with E-state index in [9.17, 15) is 5.11 Å². The van der Waals surface area contributed by atoms with Gasteiger partial charge in [0.1, 0.15) is 11.6 Å². The fraction of sp³-hybridized carbons (Fsp3) is 0.154. The van der Waals surface area contributed by atoms with Gasteiger partial charge in [-0.25, -0.2) is 4.98 Å². The standard InChI is InChI=1S/C13H13Cl2N3O/c14-9-6-10(15)13(18-12(9)16)17-7-11(19)8-4-2-1-3-5-8/h1-6,11,19H,7H2,(H3,16,17,18). The van der Waals surface area contributed by atoms with Gasteiger partial charge < -0.3 is 16.2 Å². The topological polar surface area (TPSA) is 71.2 Å². The van der Waals surface area contributed by atoms with Crippen LogP contribution in [0.3, 0.4) is 0 Å². The molecule has 0 radical (unpaired) electrons. The van der Waals surface area contributed by atoms with E-state index in [-0.39, 0.29) is 12.4 Å². The van der Waals surface area contributed by atoms with Crippen molar-refractivity contribution in [1.29, 1.82) is 0 Å². The summed E-state index contributed by atoms with van der Waals surface area (Å²) in [6, 6.07) is 10.8. The average molecular weight is 298 g/mol. The highest BCUT2D eigenvalue weighted by atomic mass is 35.5. The van der Waals surface area contributed by atoms with Gasteiger partial charge in [0, 0.05) is 6.54 Å². The molecule has 0 amide bonds. The van der Waals surface area contributed by atoms with Crippen LogP contribution < -0.4 is 11.1 Å². The van der Waals surface area contributed by atoms with Crippen LogP contribution in [0, 0.1) is 0 Å². The number of aromatic nitrogens is 1. The van der Waals surface area contributed by atoms with E-state index >= 15 is 0 Å². The molecule has 0 spiro atoms. The Morgan fingerprint density at radius 3 is 2.58 bits per heavy atom. The zero-order valence-electron chi connectivity index (χ0n) is 9.98. The summed E-state index contributed by atoms with van der Waals surface area (Å²) in [6.45, 7) is 0.276. The maximum Gasteiger partial charge on any atom is 0.147 e. The number of nitrogens with two attached hydrogens (primary N) is 1. The fourth-order valence-corrected chi connectivity index (χ4v) is 2.02. The summed E-state index contributed by atoms with van der Waals surface area (Å²) in [5, 5.41) is 13.6. The van der Waals surface area contributed by atoms with Gasteiger partial charge in [0.15, 0.2) is 0 Å². The van der Waals surface area contributed by atoms with Crippen LogP contribution in [0.15, 0.2) is 36.4 Å². The number of hydrogen-bond acceptors (Lipinski definition) is 4. The van der Waals surface area contributed by atoms with Crippen LogP contribution in [0.2, 0.25) is 10.0 Å². The van der Waals surface area contributed by atoms with E-state index in [4.69, 9.17) is 28.9 Å². The van der Waals surface area contributed by atoms with Gasteiger partial charge in [-0.05, 0) is 11.6 Å². The first-order valence-corrected chi connectivity index (χ1v) is 6.42. The van der Waals surface area contributed by atoms with Crippen LogP contribution in [0.5, 0.6) is 0 Å². The molecule has 0 saturated carbocycles. The number of nitrogens with zero attached hydrogens (tertiary/aromatic N) is 1. The Balaban J connectivity index is 2.05. The number of benzene rings is 1. The molecular weight excluding hydrogens is 285 g/mol. The quantitative estimate of drug-likeness (QED) is 0.811. The van der Waals surface area contributed by atoms with Gasteiger partial charge in [0.25, 0.3) is 0 Å². The smallest absolute Gasteiger partial charge is 0.147 e. The third kappa shape index (κ3) is 3.50. The molecule has 1 aromatic heterocycles. The summed E-state index contributed by atoms with van der Waals surface area (Å²) in [4.78, 5) is 4.03. The van der Waals surface area contributed by atoms with Crippen LogP contribution in [0.1, 0.15) is 11.7 Å². The monoisotopic (exact) mass is 297 g/mol. The Kier molecular flexibility index (Phi) is 4.47. The van der Waals surface area contributed by atoms with E-state index < -0.39 is 6.10 Å². The Morgan fingerprint density at radius 1 is 1.21 bits per heavy atom. The first kappa shape index (κ1) is 13.9. The number of aliphatic hydroxyl groups is 1. The minimum atomic E-state index is -0.657. The van der Waals surface area contributed by atoms with E-state index in [2.05, 4.69) is 10.3 Å². The van der Waals surface area contributed by atoms with Crippen molar-refractivity contribution >= 4 is 34.8 Å². The lowest BCUT2D eigenvalue weighted by Crippen LogP contribution is -2.13. The largest absolute Gasteiger partial charge is 0.387 e. The molecule has 1 heterocycles. The van der Waals surface area contributed by atoms with Crippen molar-refractivity contribution in [1.82, 2.24) is 4.98 Å². The molecule has 0 saturated heterocycles. The summed E-state index contributed by atoms with van der Waals surface area (Å²) in [7, 11) is 0. The Hall–Kier alpha value is -1.49. The van der Waals surface area contributed by atoms with Crippen molar-refractivity contribution in [2.75, 3.05) is 17.6 Å². The molecule has 1 atom stereocenters. The van der Waals surface area contributed by atoms with Gasteiger partial charge in [-0.2, -0.15) is 0 Å². The average Bonchev–Trinajstić information content (AvgIpc) is 2.42. The lowest BCUT2D eigenvalue weighted by atomic mass is 10.1. The second kappa shape index (κ2) is 6.10. The van der Waals surface area contributed by atoms with Gasteiger partial charge >= 0.3 is 0 Å². The first-order chi connectivity index (χ1) is 9.08. The van der Waals surface area contributed by atoms with E-state index in [0.717, 1.165) is 5.56 Å². The highest BCUT2D eigenvalue weighted by Crippen LogP contribution is 2.27. The summed E-state index contributed by atoms with van der Waals surface area (Å²) in [5.41, 5.74) is 6.42. The highest BCUT2D eigenvalue weighted by molar-refractivity contribution is 6.37. The SMILES string of the molecule is Nc1nc(NCC(O)c2ccccc2)c(Cl)cc1Cl. The molecule has 4 nitrogen and oxygen atoms in total. The predicted octanol–water partition coefficient (Wildman–Crippen LogP) is 3.12. The predicted molar refractivity (Wildman–Crippen MR) is 78.6 cm³/mol. The molecule has 1 aromatic carbocycles. The molecule has 2 rings (SSSR count). The Bertz CT molecular complexity index is 563. The molecule has 0 fully saturated rings. The van der Waals surface area contributed by atoms with Gasteiger partial charge in [0.05, 0.1) is 16.1 Å². The third-order valence-electron chi connectivity index (χ3n) is 2.60. The van der Waals surface area contributed by atoms with Crippen LogP contribution in [-0.2, 0) is 0 Å². The second-order valence-electron chi connectivity index (χ2n) is 3.99. The number of halogens is 2. The van der Waals surface area contributed by atoms with E-state index in [1.807, 2.05) is 30.3 Å². The summed E-state index contributed by atoms with van der Waals surface area (Å²) in [6.07, 6.45) is -0.657. The van der Waals surface area contributed by atoms with E-state index in [1.165, 1.54) is 6.07 Å². The number of anilines is 2. The normalized spacial score (nSPS) is 12.2. The minimum absolute atomic E-state index is 0.197. The molecule has 4 N–H and O–H groups in total. The zero-order chi connectivity index (χ0) is 13.8. The molecule has 0 aliphatic carbocycles. The van der Waals surface area contributed by atoms with Gasteiger partial charge in [0.2, 0.25) is 0 Å². The molecule has 100 valence electrons. The lowest BCUT2D eigenvalue weighted by Gasteiger charge is -2.14. The van der Waals surface area contributed by atoms with Crippen molar-refractivity contribution in [2.24, 2.45) is 0 Å². The van der Waals surface area contributed by atoms with Gasteiger partial charge in [-0.3, -0.25) is 0 Å². The Labute approximate surface area is 121 Å². The van der Waals surface area contributed by atoms with Crippen molar-refractivity contribution in [2.45, 2.75) is 6.10 Å². The van der Waals surface area contributed by atoms with Crippen molar-refractivity contribution in [3.63, 3.8) is 0 Å². The van der Waals surface area contributed by atoms with Gasteiger partial charge in [-0.15, -0.1) is 0 Å². The van der Waals surface area contributed by atoms with Crippen molar-refractivity contribution in [3.8, 4) is 0 Å². The number of hydrogen-bond donors (Lipinski definition) is 3. The highest BCUT2D eigenvalue weighted by Gasteiger charge is 2.10. The van der Waals surface area contributed by atoms with Crippen LogP contribution in [-0.4, -0.2) is 16.6 Å². The number of nitrogen functional groups attached to an aromatic ring is 1. The van der Waals surface area contributed by atoms with Crippen LogP contribution in [0.25, 0.3) is 0 Å². The number of pyridine rings is 1. The Morgan fingerprint density at radius 2 is 1.89 bits per heavy atom. The fourth-order valence-electron chi connectivity index (χ4n) is 1.59. The summed E-state index contributed by atoms with van der Waals surface area (Å²) in [5.74, 6) is 0.598. The molecular formula is C13H13Cl2N3O. The molecule has 0 aliphatic rings. The van der Waals surface area contributed by atoms with Crippen molar-refractivity contribution in [3.05, 3.63) is 52.0 Å². The minimum Gasteiger partial charge on any atom is -0.387 e. The summed E-state index contributed by atoms with van der Waals surface area (Å²) >= 11 is 11.8. The third-order valence-corrected chi connectivity index (χ3v) is 3.19. The van der Waals surface area contributed by atoms with Crippen LogP contribution >= 0.6 is 23.2 Å².